The highest BCUT2D eigenvalue weighted by atomic mass is 32.1. The number of hydrogen-bond donors (Lipinski definition) is 2. The molecule has 4 heteroatoms. The molecule has 3 nitrogen and oxygen atoms in total. The summed E-state index contributed by atoms with van der Waals surface area (Å²) in [5.41, 5.74) is 3.30. The molecule has 0 amide bonds. The minimum atomic E-state index is -0.856. The summed E-state index contributed by atoms with van der Waals surface area (Å²) >= 11 is 1.33. The molecule has 0 aliphatic rings. The number of para-hydroxylation sites is 1. The van der Waals surface area contributed by atoms with Gasteiger partial charge in [-0.15, -0.1) is 11.3 Å². The lowest BCUT2D eigenvalue weighted by Gasteiger charge is -2.08. The van der Waals surface area contributed by atoms with E-state index < -0.39 is 5.97 Å². The van der Waals surface area contributed by atoms with Crippen molar-refractivity contribution in [3.63, 3.8) is 0 Å². The van der Waals surface area contributed by atoms with Gasteiger partial charge in [0.05, 0.1) is 0 Å². The van der Waals surface area contributed by atoms with E-state index in [0.717, 1.165) is 16.1 Å². The van der Waals surface area contributed by atoms with E-state index in [1.54, 1.807) is 6.07 Å². The molecule has 1 aromatic carbocycles. The summed E-state index contributed by atoms with van der Waals surface area (Å²) in [7, 11) is 0. The Morgan fingerprint density at radius 1 is 1.28 bits per heavy atom. The van der Waals surface area contributed by atoms with Crippen molar-refractivity contribution in [1.29, 1.82) is 0 Å². The molecule has 0 unspecified atom stereocenters. The van der Waals surface area contributed by atoms with Gasteiger partial charge in [-0.25, -0.2) is 4.79 Å². The Labute approximate surface area is 110 Å². The lowest BCUT2D eigenvalue weighted by Crippen LogP contribution is -2.00. The van der Waals surface area contributed by atoms with E-state index in [1.165, 1.54) is 16.9 Å². The zero-order valence-electron chi connectivity index (χ0n) is 10.4. The second kappa shape index (κ2) is 5.23. The minimum absolute atomic E-state index is 0.397. The van der Waals surface area contributed by atoms with E-state index in [9.17, 15) is 4.79 Å². The van der Waals surface area contributed by atoms with Crippen molar-refractivity contribution in [3.8, 4) is 0 Å². The van der Waals surface area contributed by atoms with Crippen LogP contribution in [-0.2, 0) is 6.54 Å². The molecule has 2 rings (SSSR count). The van der Waals surface area contributed by atoms with Crippen LogP contribution in [0.1, 0.15) is 25.7 Å². The topological polar surface area (TPSA) is 49.3 Å². The molecule has 0 aliphatic heterocycles. The fourth-order valence-electron chi connectivity index (χ4n) is 1.75. The molecule has 94 valence electrons. The van der Waals surface area contributed by atoms with E-state index in [0.29, 0.717) is 11.4 Å². The largest absolute Gasteiger partial charge is 0.477 e. The number of benzene rings is 1. The van der Waals surface area contributed by atoms with E-state index >= 15 is 0 Å². The van der Waals surface area contributed by atoms with Crippen molar-refractivity contribution in [1.82, 2.24) is 0 Å². The second-order valence-electron chi connectivity index (χ2n) is 4.19. The molecule has 2 N–H and O–H groups in total. The molecule has 0 bridgehead atoms. The van der Waals surface area contributed by atoms with Crippen LogP contribution in [0.2, 0.25) is 0 Å². The summed E-state index contributed by atoms with van der Waals surface area (Å²) in [6.45, 7) is 4.65. The molecule has 1 aromatic heterocycles. The van der Waals surface area contributed by atoms with Crippen LogP contribution in [-0.4, -0.2) is 11.1 Å². The Balaban J connectivity index is 2.11. The number of aryl methyl sites for hydroxylation is 2. The maximum absolute atomic E-state index is 10.9. The van der Waals surface area contributed by atoms with Crippen LogP contribution >= 0.6 is 11.3 Å². The Kier molecular flexibility index (Phi) is 3.67. The van der Waals surface area contributed by atoms with E-state index in [2.05, 4.69) is 5.32 Å². The first kappa shape index (κ1) is 12.6. The molecule has 18 heavy (non-hydrogen) atoms. The summed E-state index contributed by atoms with van der Waals surface area (Å²) in [5, 5.41) is 12.3. The number of carboxylic acids is 1. The number of rotatable bonds is 4. The predicted molar refractivity (Wildman–Crippen MR) is 74.5 cm³/mol. The van der Waals surface area contributed by atoms with Gasteiger partial charge in [0.1, 0.15) is 4.88 Å². The van der Waals surface area contributed by atoms with Gasteiger partial charge >= 0.3 is 5.97 Å². The van der Waals surface area contributed by atoms with Crippen LogP contribution < -0.4 is 5.32 Å². The Bertz CT molecular complexity index is 575. The van der Waals surface area contributed by atoms with Crippen molar-refractivity contribution in [2.24, 2.45) is 0 Å². The molecule has 0 fully saturated rings. The molecule has 0 atom stereocenters. The van der Waals surface area contributed by atoms with Gasteiger partial charge in [0.2, 0.25) is 0 Å². The minimum Gasteiger partial charge on any atom is -0.477 e. The van der Waals surface area contributed by atoms with Gasteiger partial charge < -0.3 is 10.4 Å². The molecule has 0 saturated heterocycles. The maximum atomic E-state index is 10.9. The zero-order valence-corrected chi connectivity index (χ0v) is 11.2. The third kappa shape index (κ3) is 2.71. The Morgan fingerprint density at radius 3 is 2.61 bits per heavy atom. The van der Waals surface area contributed by atoms with Crippen LogP contribution in [0.4, 0.5) is 5.69 Å². The number of thiophene rings is 1. The first-order valence-corrected chi connectivity index (χ1v) is 6.51. The van der Waals surface area contributed by atoms with Crippen molar-refractivity contribution in [2.45, 2.75) is 20.4 Å². The number of hydrogen-bond acceptors (Lipinski definition) is 3. The van der Waals surface area contributed by atoms with Gasteiger partial charge in [0, 0.05) is 17.1 Å². The summed E-state index contributed by atoms with van der Waals surface area (Å²) in [4.78, 5) is 12.3. The highest BCUT2D eigenvalue weighted by Crippen LogP contribution is 2.23. The number of carboxylic acid groups (broad SMARTS) is 1. The third-order valence-corrected chi connectivity index (χ3v) is 4.04. The summed E-state index contributed by atoms with van der Waals surface area (Å²) in [5.74, 6) is -0.856. The molecule has 0 radical (unpaired) electrons. The average molecular weight is 261 g/mol. The van der Waals surface area contributed by atoms with Gasteiger partial charge in [0.15, 0.2) is 0 Å². The zero-order chi connectivity index (χ0) is 13.1. The maximum Gasteiger partial charge on any atom is 0.345 e. The van der Waals surface area contributed by atoms with Crippen molar-refractivity contribution in [2.75, 3.05) is 5.32 Å². The van der Waals surface area contributed by atoms with Crippen molar-refractivity contribution in [3.05, 3.63) is 51.2 Å². The lowest BCUT2D eigenvalue weighted by molar-refractivity contribution is 0.0702. The van der Waals surface area contributed by atoms with Crippen LogP contribution in [0.3, 0.4) is 0 Å². The standard InChI is InChI=1S/C14H15NO2S/c1-9-5-3-4-6-11(9)15-8-13-10(2)7-12(18-13)14(16)17/h3-7,15H,8H2,1-2H3,(H,16,17). The van der Waals surface area contributed by atoms with Crippen molar-refractivity contribution >= 4 is 23.0 Å². The highest BCUT2D eigenvalue weighted by Gasteiger charge is 2.10. The van der Waals surface area contributed by atoms with E-state index in [-0.39, 0.29) is 0 Å². The fourth-order valence-corrected chi connectivity index (χ4v) is 2.70. The summed E-state index contributed by atoms with van der Waals surface area (Å²) in [6.07, 6.45) is 0. The normalized spacial score (nSPS) is 10.3. The predicted octanol–water partition coefficient (Wildman–Crippen LogP) is 3.68. The second-order valence-corrected chi connectivity index (χ2v) is 5.33. The number of carbonyl (C=O) groups is 1. The first-order chi connectivity index (χ1) is 8.58. The molecule has 1 heterocycles. The van der Waals surface area contributed by atoms with E-state index in [4.69, 9.17) is 5.11 Å². The van der Waals surface area contributed by atoms with Gasteiger partial charge in [-0.2, -0.15) is 0 Å². The Hall–Kier alpha value is -1.81. The van der Waals surface area contributed by atoms with E-state index in [1.807, 2.05) is 38.1 Å². The SMILES string of the molecule is Cc1ccccc1NCc1sc(C(=O)O)cc1C. The fraction of sp³-hybridized carbons (Fsp3) is 0.214. The molecular weight excluding hydrogens is 246 g/mol. The van der Waals surface area contributed by atoms with Gasteiger partial charge in [-0.05, 0) is 37.1 Å². The average Bonchev–Trinajstić information content (AvgIpc) is 2.70. The molecular formula is C14H15NO2S. The summed E-state index contributed by atoms with van der Waals surface area (Å²) < 4.78 is 0. The van der Waals surface area contributed by atoms with Gasteiger partial charge in [-0.3, -0.25) is 0 Å². The van der Waals surface area contributed by atoms with Gasteiger partial charge in [-0.1, -0.05) is 18.2 Å². The van der Waals surface area contributed by atoms with Crippen LogP contribution in [0, 0.1) is 13.8 Å². The lowest BCUT2D eigenvalue weighted by atomic mass is 10.2. The Morgan fingerprint density at radius 2 is 2.00 bits per heavy atom. The van der Waals surface area contributed by atoms with Crippen LogP contribution in [0.25, 0.3) is 0 Å². The van der Waals surface area contributed by atoms with Gasteiger partial charge in [0.25, 0.3) is 0 Å². The monoisotopic (exact) mass is 261 g/mol. The van der Waals surface area contributed by atoms with Crippen LogP contribution in [0.5, 0.6) is 0 Å². The molecule has 2 aromatic rings. The number of aromatic carboxylic acids is 1. The quantitative estimate of drug-likeness (QED) is 0.882. The molecule has 0 spiro atoms. The smallest absolute Gasteiger partial charge is 0.345 e. The molecule has 0 saturated carbocycles. The van der Waals surface area contributed by atoms with Crippen molar-refractivity contribution < 1.29 is 9.90 Å². The number of nitrogens with one attached hydrogen (secondary N) is 1. The first-order valence-electron chi connectivity index (χ1n) is 5.70. The molecule has 0 aliphatic carbocycles. The van der Waals surface area contributed by atoms with Crippen LogP contribution in [0.15, 0.2) is 30.3 Å². The highest BCUT2D eigenvalue weighted by molar-refractivity contribution is 7.14. The third-order valence-electron chi connectivity index (χ3n) is 2.82. The number of anilines is 1. The summed E-state index contributed by atoms with van der Waals surface area (Å²) in [6, 6.07) is 9.78.